The molecule has 0 aromatic carbocycles. The Bertz CT molecular complexity index is 618. The number of rotatable bonds is 4. The first-order valence-corrected chi connectivity index (χ1v) is 8.31. The number of piperidine rings is 1. The molecule has 1 aliphatic rings. The second kappa shape index (κ2) is 6.04. The highest BCUT2D eigenvalue weighted by Gasteiger charge is 2.34. The van der Waals surface area contributed by atoms with E-state index in [9.17, 15) is 12.8 Å². The van der Waals surface area contributed by atoms with Gasteiger partial charge in [-0.05, 0) is 26.0 Å². The van der Waals surface area contributed by atoms with E-state index >= 15 is 0 Å². The fraction of sp³-hybridized carbons (Fsp3) is 0.583. The maximum atomic E-state index is 14.5. The molecule has 1 aliphatic heterocycles. The third-order valence-electron chi connectivity index (χ3n) is 3.46. The molecule has 1 aromatic rings. The molecule has 0 radical (unpaired) electrons. The van der Waals surface area contributed by atoms with Gasteiger partial charge >= 0.3 is 0 Å². The van der Waals surface area contributed by atoms with Gasteiger partial charge in [0.25, 0.3) is 0 Å². The van der Waals surface area contributed by atoms with E-state index in [2.05, 4.69) is 4.98 Å². The second-order valence-electron chi connectivity index (χ2n) is 5.25. The first-order valence-electron chi connectivity index (χ1n) is 6.38. The Balaban J connectivity index is 2.04. The Kier molecular flexibility index (Phi) is 4.72. The second-order valence-corrected chi connectivity index (χ2v) is 7.21. The van der Waals surface area contributed by atoms with Crippen molar-refractivity contribution in [2.24, 2.45) is 5.14 Å². The van der Waals surface area contributed by atoms with Crippen molar-refractivity contribution in [1.29, 1.82) is 0 Å². The molecule has 2 rings (SSSR count). The van der Waals surface area contributed by atoms with Gasteiger partial charge in [0, 0.05) is 13.1 Å². The number of pyridine rings is 1. The molecule has 9 heteroatoms. The van der Waals surface area contributed by atoms with Crippen molar-refractivity contribution in [3.63, 3.8) is 0 Å². The van der Waals surface area contributed by atoms with E-state index in [4.69, 9.17) is 21.5 Å². The van der Waals surface area contributed by atoms with Gasteiger partial charge in [0.1, 0.15) is 22.2 Å². The minimum atomic E-state index is -3.88. The summed E-state index contributed by atoms with van der Waals surface area (Å²) < 4.78 is 42.1. The van der Waals surface area contributed by atoms with Crippen molar-refractivity contribution in [1.82, 2.24) is 9.88 Å². The molecule has 6 nitrogen and oxygen atoms in total. The topological polar surface area (TPSA) is 85.5 Å². The molecule has 0 atom stereocenters. The van der Waals surface area contributed by atoms with Gasteiger partial charge in [-0.2, -0.15) is 0 Å². The normalized spacial score (nSPS) is 19.4. The van der Waals surface area contributed by atoms with Crippen molar-refractivity contribution < 1.29 is 17.5 Å². The number of nitrogens with two attached hydrogens (primary N) is 1. The molecule has 0 saturated carbocycles. The number of sulfonamides is 1. The lowest BCUT2D eigenvalue weighted by atomic mass is 9.95. The zero-order valence-electron chi connectivity index (χ0n) is 11.6. The van der Waals surface area contributed by atoms with Crippen molar-refractivity contribution >= 4 is 21.6 Å². The lowest BCUT2D eigenvalue weighted by Gasteiger charge is -2.34. The van der Waals surface area contributed by atoms with Crippen LogP contribution in [-0.2, 0) is 10.0 Å². The predicted molar refractivity (Wildman–Crippen MR) is 76.7 cm³/mol. The fourth-order valence-corrected chi connectivity index (χ4v) is 2.80. The standard InChI is InChI=1S/C12H17ClFN3O3S/c1-17-4-2-12(14,3-5-17)8-20-11-10(13)6-9(7-16-11)21(15,18)19/h6-7H,2-5,8H2,1H3,(H2,15,18,19). The number of aromatic nitrogens is 1. The monoisotopic (exact) mass is 337 g/mol. The first-order chi connectivity index (χ1) is 9.70. The summed E-state index contributed by atoms with van der Waals surface area (Å²) in [5.74, 6) is 0.0000183. The van der Waals surface area contributed by atoms with Crippen LogP contribution in [-0.4, -0.2) is 50.7 Å². The van der Waals surface area contributed by atoms with Crippen LogP contribution in [0.15, 0.2) is 17.2 Å². The Morgan fingerprint density at radius 2 is 2.14 bits per heavy atom. The summed E-state index contributed by atoms with van der Waals surface area (Å²) in [7, 11) is -1.94. The Morgan fingerprint density at radius 1 is 1.52 bits per heavy atom. The number of ether oxygens (including phenoxy) is 1. The van der Waals surface area contributed by atoms with Crippen LogP contribution >= 0.6 is 11.6 Å². The highest BCUT2D eigenvalue weighted by atomic mass is 35.5. The van der Waals surface area contributed by atoms with Gasteiger partial charge in [-0.15, -0.1) is 0 Å². The van der Waals surface area contributed by atoms with Crippen LogP contribution in [0.3, 0.4) is 0 Å². The van der Waals surface area contributed by atoms with E-state index in [-0.39, 0.29) is 22.4 Å². The van der Waals surface area contributed by atoms with Gasteiger partial charge < -0.3 is 9.64 Å². The van der Waals surface area contributed by atoms with Crippen molar-refractivity contribution in [3.8, 4) is 5.88 Å². The van der Waals surface area contributed by atoms with Crippen LogP contribution in [0.25, 0.3) is 0 Å². The molecule has 0 aliphatic carbocycles. The summed E-state index contributed by atoms with van der Waals surface area (Å²) in [6, 6.07) is 1.14. The maximum absolute atomic E-state index is 14.5. The molecule has 0 bridgehead atoms. The molecule has 0 amide bonds. The lowest BCUT2D eigenvalue weighted by Crippen LogP contribution is -2.43. The van der Waals surface area contributed by atoms with Gasteiger partial charge in [0.05, 0.1) is 6.20 Å². The highest BCUT2D eigenvalue weighted by molar-refractivity contribution is 7.89. The molecule has 2 heterocycles. The number of nitrogens with zero attached hydrogens (tertiary/aromatic N) is 2. The molecule has 0 spiro atoms. The number of primary sulfonamides is 1. The minimum Gasteiger partial charge on any atom is -0.473 e. The van der Waals surface area contributed by atoms with E-state index in [1.807, 2.05) is 11.9 Å². The van der Waals surface area contributed by atoms with Gasteiger partial charge in [0.15, 0.2) is 0 Å². The van der Waals surface area contributed by atoms with Crippen molar-refractivity contribution in [3.05, 3.63) is 17.3 Å². The predicted octanol–water partition coefficient (Wildman–Crippen LogP) is 1.20. The molecule has 21 heavy (non-hydrogen) atoms. The molecule has 118 valence electrons. The Labute approximate surface area is 128 Å². The van der Waals surface area contributed by atoms with Crippen LogP contribution in [0.4, 0.5) is 4.39 Å². The van der Waals surface area contributed by atoms with Crippen LogP contribution in [0.2, 0.25) is 5.02 Å². The molecule has 2 N–H and O–H groups in total. The van der Waals surface area contributed by atoms with Crippen LogP contribution in [0.1, 0.15) is 12.8 Å². The maximum Gasteiger partial charge on any atom is 0.239 e. The average molecular weight is 338 g/mol. The average Bonchev–Trinajstić information content (AvgIpc) is 2.40. The van der Waals surface area contributed by atoms with E-state index < -0.39 is 15.7 Å². The minimum absolute atomic E-state index is 0.0000183. The van der Waals surface area contributed by atoms with Crippen LogP contribution < -0.4 is 9.88 Å². The van der Waals surface area contributed by atoms with E-state index in [1.54, 1.807) is 0 Å². The summed E-state index contributed by atoms with van der Waals surface area (Å²) in [5.41, 5.74) is -1.42. The molecule has 0 unspecified atom stereocenters. The summed E-state index contributed by atoms with van der Waals surface area (Å²) >= 11 is 5.88. The van der Waals surface area contributed by atoms with Gasteiger partial charge in [-0.1, -0.05) is 11.6 Å². The number of alkyl halides is 1. The summed E-state index contributed by atoms with van der Waals surface area (Å²) in [4.78, 5) is 5.62. The SMILES string of the molecule is CN1CCC(F)(COc2ncc(S(N)(=O)=O)cc2Cl)CC1. The number of likely N-dealkylation sites (tertiary alicyclic amines) is 1. The molecular weight excluding hydrogens is 321 g/mol. The van der Waals surface area contributed by atoms with Crippen LogP contribution in [0, 0.1) is 0 Å². The quantitative estimate of drug-likeness (QED) is 0.892. The fourth-order valence-electron chi connectivity index (χ4n) is 2.03. The molecule has 1 aromatic heterocycles. The number of hydrogen-bond donors (Lipinski definition) is 1. The zero-order valence-corrected chi connectivity index (χ0v) is 13.1. The third kappa shape index (κ3) is 4.26. The van der Waals surface area contributed by atoms with Crippen molar-refractivity contribution in [2.75, 3.05) is 26.7 Å². The van der Waals surface area contributed by atoms with E-state index in [1.165, 1.54) is 0 Å². The molecular formula is C12H17ClFN3O3S. The molecule has 1 saturated heterocycles. The Hall–Kier alpha value is -0.960. The molecule has 1 fully saturated rings. The highest BCUT2D eigenvalue weighted by Crippen LogP contribution is 2.29. The summed E-state index contributed by atoms with van der Waals surface area (Å²) in [5, 5.41) is 4.95. The first kappa shape index (κ1) is 16.4. The summed E-state index contributed by atoms with van der Waals surface area (Å²) in [6.45, 7) is 1.15. The van der Waals surface area contributed by atoms with E-state index in [0.29, 0.717) is 25.9 Å². The number of hydrogen-bond acceptors (Lipinski definition) is 5. The summed E-state index contributed by atoms with van der Waals surface area (Å²) in [6.07, 6.45) is 1.78. The van der Waals surface area contributed by atoms with Gasteiger partial charge in [0.2, 0.25) is 15.9 Å². The van der Waals surface area contributed by atoms with Gasteiger partial charge in [-0.25, -0.2) is 22.9 Å². The number of halogens is 2. The van der Waals surface area contributed by atoms with E-state index in [0.717, 1.165) is 12.3 Å². The Morgan fingerprint density at radius 3 is 2.67 bits per heavy atom. The largest absolute Gasteiger partial charge is 0.473 e. The smallest absolute Gasteiger partial charge is 0.239 e. The van der Waals surface area contributed by atoms with Crippen molar-refractivity contribution in [2.45, 2.75) is 23.4 Å². The zero-order chi connectivity index (χ0) is 15.7. The van der Waals surface area contributed by atoms with Gasteiger partial charge in [-0.3, -0.25) is 0 Å². The lowest BCUT2D eigenvalue weighted by molar-refractivity contribution is 0.0230. The third-order valence-corrected chi connectivity index (χ3v) is 4.61. The van der Waals surface area contributed by atoms with Crippen LogP contribution in [0.5, 0.6) is 5.88 Å².